The van der Waals surface area contributed by atoms with Crippen molar-refractivity contribution in [2.24, 2.45) is 0 Å². The van der Waals surface area contributed by atoms with Crippen LogP contribution in [-0.2, 0) is 0 Å². The van der Waals surface area contributed by atoms with Crippen LogP contribution in [0.3, 0.4) is 0 Å². The Labute approximate surface area is 104 Å². The van der Waals surface area contributed by atoms with Crippen LogP contribution in [0.15, 0.2) is 24.5 Å². The zero-order valence-corrected chi connectivity index (χ0v) is 10.1. The summed E-state index contributed by atoms with van der Waals surface area (Å²) in [6, 6.07) is 3.90. The zero-order valence-electron chi connectivity index (χ0n) is 9.30. The molecule has 0 saturated carbocycles. The molecule has 0 fully saturated rings. The van der Waals surface area contributed by atoms with Crippen molar-refractivity contribution in [3.05, 3.63) is 29.8 Å². The van der Waals surface area contributed by atoms with Crippen molar-refractivity contribution in [2.45, 2.75) is 13.3 Å². The van der Waals surface area contributed by atoms with Gasteiger partial charge in [-0.1, -0.05) is 6.92 Å². The van der Waals surface area contributed by atoms with E-state index >= 15 is 0 Å². The number of rotatable bonds is 4. The third kappa shape index (κ3) is 3.10. The Bertz CT molecular complexity index is 492. The number of aromatic nitrogens is 4. The van der Waals surface area contributed by atoms with Crippen molar-refractivity contribution in [3.63, 3.8) is 0 Å². The van der Waals surface area contributed by atoms with Gasteiger partial charge in [0, 0.05) is 18.0 Å². The average Bonchev–Trinajstić information content (AvgIpc) is 2.37. The Morgan fingerprint density at radius 1 is 1.29 bits per heavy atom. The predicted octanol–water partition coefficient (Wildman–Crippen LogP) is 2.38. The highest BCUT2D eigenvalue weighted by molar-refractivity contribution is 6.28. The molecular formula is C11H11ClN4O. The highest BCUT2D eigenvalue weighted by Crippen LogP contribution is 2.17. The van der Waals surface area contributed by atoms with Gasteiger partial charge in [-0.15, -0.1) is 0 Å². The Balaban J connectivity index is 2.32. The van der Waals surface area contributed by atoms with Gasteiger partial charge in [0.05, 0.1) is 6.61 Å². The molecule has 0 aliphatic rings. The lowest BCUT2D eigenvalue weighted by Gasteiger charge is -2.04. The largest absolute Gasteiger partial charge is 0.463 e. The molecule has 6 heteroatoms. The molecule has 0 unspecified atom stereocenters. The Kier molecular flexibility index (Phi) is 3.82. The fourth-order valence-corrected chi connectivity index (χ4v) is 1.37. The van der Waals surface area contributed by atoms with E-state index in [1.807, 2.05) is 13.0 Å². The van der Waals surface area contributed by atoms with Gasteiger partial charge in [0.15, 0.2) is 5.82 Å². The molecule has 0 bridgehead atoms. The van der Waals surface area contributed by atoms with E-state index in [1.165, 1.54) is 0 Å². The van der Waals surface area contributed by atoms with E-state index in [0.717, 1.165) is 12.0 Å². The monoisotopic (exact) mass is 250 g/mol. The molecule has 0 atom stereocenters. The minimum atomic E-state index is 0.116. The van der Waals surface area contributed by atoms with Gasteiger partial charge in [0.1, 0.15) is 0 Å². The van der Waals surface area contributed by atoms with E-state index in [9.17, 15) is 0 Å². The van der Waals surface area contributed by atoms with Crippen LogP contribution in [0, 0.1) is 0 Å². The van der Waals surface area contributed by atoms with Crippen molar-refractivity contribution in [3.8, 4) is 17.4 Å². The van der Waals surface area contributed by atoms with E-state index in [2.05, 4.69) is 19.9 Å². The van der Waals surface area contributed by atoms with Crippen LogP contribution < -0.4 is 4.74 Å². The molecule has 0 aliphatic carbocycles. The smallest absolute Gasteiger partial charge is 0.321 e. The lowest BCUT2D eigenvalue weighted by atomic mass is 10.3. The lowest BCUT2D eigenvalue weighted by molar-refractivity contribution is 0.291. The average molecular weight is 251 g/mol. The fraction of sp³-hybridized carbons (Fsp3) is 0.273. The number of pyridine rings is 1. The fourth-order valence-electron chi connectivity index (χ4n) is 1.21. The van der Waals surface area contributed by atoms with Crippen molar-refractivity contribution in [1.82, 2.24) is 19.9 Å². The van der Waals surface area contributed by atoms with Crippen molar-refractivity contribution >= 4 is 11.6 Å². The van der Waals surface area contributed by atoms with E-state index in [4.69, 9.17) is 16.3 Å². The molecular weight excluding hydrogens is 240 g/mol. The second-order valence-corrected chi connectivity index (χ2v) is 3.64. The van der Waals surface area contributed by atoms with Gasteiger partial charge in [-0.25, -0.2) is 0 Å². The summed E-state index contributed by atoms with van der Waals surface area (Å²) in [5.41, 5.74) is 0.776. The molecule has 0 spiro atoms. The summed E-state index contributed by atoms with van der Waals surface area (Å²) in [7, 11) is 0. The molecule has 0 N–H and O–H groups in total. The molecule has 2 aromatic heterocycles. The molecule has 88 valence electrons. The standard InChI is InChI=1S/C11H11ClN4O/c1-2-6-17-11-15-9(14-10(12)16-11)8-4-3-5-13-7-8/h3-5,7H,2,6H2,1H3. The first-order valence-corrected chi connectivity index (χ1v) is 5.62. The van der Waals surface area contributed by atoms with Crippen LogP contribution in [0.25, 0.3) is 11.4 Å². The van der Waals surface area contributed by atoms with Crippen molar-refractivity contribution < 1.29 is 4.74 Å². The molecule has 0 saturated heterocycles. The van der Waals surface area contributed by atoms with Gasteiger partial charge >= 0.3 is 6.01 Å². The van der Waals surface area contributed by atoms with E-state index in [0.29, 0.717) is 12.4 Å². The quantitative estimate of drug-likeness (QED) is 0.834. The molecule has 2 aromatic rings. The van der Waals surface area contributed by atoms with Crippen LogP contribution in [0.2, 0.25) is 5.28 Å². The summed E-state index contributed by atoms with van der Waals surface area (Å²) in [4.78, 5) is 16.1. The van der Waals surface area contributed by atoms with Gasteiger partial charge in [-0.2, -0.15) is 15.0 Å². The van der Waals surface area contributed by atoms with Crippen LogP contribution in [-0.4, -0.2) is 26.5 Å². The molecule has 0 aliphatic heterocycles. The van der Waals surface area contributed by atoms with Crippen LogP contribution in [0.1, 0.15) is 13.3 Å². The summed E-state index contributed by atoms with van der Waals surface area (Å²) in [5, 5.41) is 0.116. The first kappa shape index (κ1) is 11.7. The maximum absolute atomic E-state index is 5.82. The predicted molar refractivity (Wildman–Crippen MR) is 63.9 cm³/mol. The number of nitrogens with zero attached hydrogens (tertiary/aromatic N) is 4. The maximum atomic E-state index is 5.82. The summed E-state index contributed by atoms with van der Waals surface area (Å²) >= 11 is 5.82. The molecule has 0 radical (unpaired) electrons. The lowest BCUT2D eigenvalue weighted by Crippen LogP contribution is -2.02. The molecule has 17 heavy (non-hydrogen) atoms. The first-order chi connectivity index (χ1) is 8.29. The second-order valence-electron chi connectivity index (χ2n) is 3.30. The van der Waals surface area contributed by atoms with Gasteiger partial charge in [0.25, 0.3) is 0 Å². The highest BCUT2D eigenvalue weighted by atomic mass is 35.5. The van der Waals surface area contributed by atoms with Crippen LogP contribution in [0.4, 0.5) is 0 Å². The SMILES string of the molecule is CCCOc1nc(Cl)nc(-c2cccnc2)n1. The highest BCUT2D eigenvalue weighted by Gasteiger charge is 2.07. The van der Waals surface area contributed by atoms with E-state index in [1.54, 1.807) is 18.5 Å². The summed E-state index contributed by atoms with van der Waals surface area (Å²) in [5.74, 6) is 0.462. The molecule has 0 amide bonds. The second kappa shape index (κ2) is 5.54. The van der Waals surface area contributed by atoms with Gasteiger partial charge in [0.2, 0.25) is 5.28 Å². The number of ether oxygens (including phenoxy) is 1. The van der Waals surface area contributed by atoms with Crippen LogP contribution >= 0.6 is 11.6 Å². The van der Waals surface area contributed by atoms with E-state index in [-0.39, 0.29) is 11.3 Å². The summed E-state index contributed by atoms with van der Waals surface area (Å²) in [6.45, 7) is 2.55. The van der Waals surface area contributed by atoms with Gasteiger partial charge in [-0.05, 0) is 30.2 Å². The third-order valence-corrected chi connectivity index (χ3v) is 2.11. The molecule has 5 nitrogen and oxygen atoms in total. The third-order valence-electron chi connectivity index (χ3n) is 1.94. The minimum Gasteiger partial charge on any atom is -0.463 e. The topological polar surface area (TPSA) is 60.8 Å². The Hall–Kier alpha value is -1.75. The Morgan fingerprint density at radius 3 is 2.88 bits per heavy atom. The van der Waals surface area contributed by atoms with Crippen LogP contribution in [0.5, 0.6) is 6.01 Å². The summed E-state index contributed by atoms with van der Waals surface area (Å²) < 4.78 is 5.33. The normalized spacial score (nSPS) is 10.2. The van der Waals surface area contributed by atoms with Crippen molar-refractivity contribution in [2.75, 3.05) is 6.61 Å². The van der Waals surface area contributed by atoms with Gasteiger partial charge in [-0.3, -0.25) is 4.98 Å². The zero-order chi connectivity index (χ0) is 12.1. The van der Waals surface area contributed by atoms with Crippen molar-refractivity contribution in [1.29, 1.82) is 0 Å². The minimum absolute atomic E-state index is 0.116. The maximum Gasteiger partial charge on any atom is 0.321 e. The molecule has 2 heterocycles. The first-order valence-electron chi connectivity index (χ1n) is 5.24. The number of hydrogen-bond donors (Lipinski definition) is 0. The Morgan fingerprint density at radius 2 is 2.18 bits per heavy atom. The molecule has 2 rings (SSSR count). The summed E-state index contributed by atoms with van der Waals surface area (Å²) in [6.07, 6.45) is 4.22. The number of hydrogen-bond acceptors (Lipinski definition) is 5. The number of halogens is 1. The van der Waals surface area contributed by atoms with E-state index < -0.39 is 0 Å². The molecule has 0 aromatic carbocycles. The van der Waals surface area contributed by atoms with Gasteiger partial charge < -0.3 is 4.74 Å².